The Hall–Kier alpha value is -0.760. The largest absolute Gasteiger partial charge is 0.401 e. The molecule has 2 nitrogen and oxygen atoms in total. The van der Waals surface area contributed by atoms with Gasteiger partial charge in [0.15, 0.2) is 0 Å². The summed E-state index contributed by atoms with van der Waals surface area (Å²) in [6.45, 7) is 0.877. The molecule has 1 saturated carbocycles. The predicted molar refractivity (Wildman–Crippen MR) is 45.4 cm³/mol. The molecule has 1 N–H and O–H groups in total. The summed E-state index contributed by atoms with van der Waals surface area (Å²) in [5, 5.41) is 11.2. The van der Waals surface area contributed by atoms with Crippen LogP contribution < -0.4 is 5.32 Å². The Morgan fingerprint density at radius 1 is 1.57 bits per heavy atom. The van der Waals surface area contributed by atoms with Crippen molar-refractivity contribution in [2.75, 3.05) is 6.54 Å². The van der Waals surface area contributed by atoms with E-state index in [4.69, 9.17) is 5.26 Å². The van der Waals surface area contributed by atoms with Crippen molar-refractivity contribution in [3.05, 3.63) is 0 Å². The van der Waals surface area contributed by atoms with E-state index in [1.807, 2.05) is 13.0 Å². The van der Waals surface area contributed by atoms with Crippen LogP contribution in [0.5, 0.6) is 0 Å². The van der Waals surface area contributed by atoms with Gasteiger partial charge in [-0.15, -0.1) is 0 Å². The lowest BCUT2D eigenvalue weighted by Crippen LogP contribution is -2.46. The van der Waals surface area contributed by atoms with E-state index in [2.05, 4.69) is 5.32 Å². The third-order valence-corrected chi connectivity index (χ3v) is 2.60. The molecular weight excluding hydrogens is 193 g/mol. The van der Waals surface area contributed by atoms with E-state index in [0.29, 0.717) is 18.8 Å². The van der Waals surface area contributed by atoms with Crippen LogP contribution >= 0.6 is 0 Å². The number of rotatable bonds is 2. The molecule has 80 valence electrons. The second kappa shape index (κ2) is 3.77. The monoisotopic (exact) mass is 206 g/mol. The maximum atomic E-state index is 11.9. The fourth-order valence-electron chi connectivity index (χ4n) is 1.86. The van der Waals surface area contributed by atoms with Crippen LogP contribution in [0.15, 0.2) is 0 Å². The first kappa shape index (κ1) is 11.3. The van der Waals surface area contributed by atoms with Crippen LogP contribution in [0.25, 0.3) is 0 Å². The molecular formula is C9H13F3N2. The van der Waals surface area contributed by atoms with Gasteiger partial charge in [0.1, 0.15) is 5.54 Å². The lowest BCUT2D eigenvalue weighted by molar-refractivity contribution is -0.127. The fourth-order valence-corrected chi connectivity index (χ4v) is 1.86. The van der Waals surface area contributed by atoms with Crippen molar-refractivity contribution in [2.45, 2.75) is 37.9 Å². The molecule has 0 saturated heterocycles. The molecule has 14 heavy (non-hydrogen) atoms. The van der Waals surface area contributed by atoms with E-state index in [-0.39, 0.29) is 0 Å². The van der Waals surface area contributed by atoms with E-state index >= 15 is 0 Å². The molecule has 0 heterocycles. The molecule has 1 aliphatic carbocycles. The van der Waals surface area contributed by atoms with Gasteiger partial charge in [-0.05, 0) is 25.2 Å². The van der Waals surface area contributed by atoms with Crippen molar-refractivity contribution in [1.29, 1.82) is 5.26 Å². The molecule has 0 radical (unpaired) electrons. The SMILES string of the molecule is CC1CCC(C#N)(NCC(F)(F)F)C1. The minimum atomic E-state index is -4.24. The summed E-state index contributed by atoms with van der Waals surface area (Å²) in [4.78, 5) is 0. The summed E-state index contributed by atoms with van der Waals surface area (Å²) in [6, 6.07) is 1.97. The highest BCUT2D eigenvalue weighted by Crippen LogP contribution is 2.34. The number of halogens is 3. The van der Waals surface area contributed by atoms with Gasteiger partial charge in [0.05, 0.1) is 12.6 Å². The fraction of sp³-hybridized carbons (Fsp3) is 0.889. The van der Waals surface area contributed by atoms with Gasteiger partial charge in [-0.3, -0.25) is 5.32 Å². The van der Waals surface area contributed by atoms with Gasteiger partial charge < -0.3 is 0 Å². The van der Waals surface area contributed by atoms with Gasteiger partial charge in [0.2, 0.25) is 0 Å². The van der Waals surface area contributed by atoms with Crippen LogP contribution in [-0.4, -0.2) is 18.3 Å². The molecule has 0 bridgehead atoms. The molecule has 0 aromatic carbocycles. The first-order valence-electron chi connectivity index (χ1n) is 4.60. The number of nitrogens with zero attached hydrogens (tertiary/aromatic N) is 1. The molecule has 1 rings (SSSR count). The summed E-state index contributed by atoms with van der Waals surface area (Å²) in [5.41, 5.74) is -0.949. The van der Waals surface area contributed by atoms with E-state index in [1.165, 1.54) is 0 Å². The highest BCUT2D eigenvalue weighted by Gasteiger charge is 2.40. The lowest BCUT2D eigenvalue weighted by Gasteiger charge is -2.23. The number of nitriles is 1. The van der Waals surface area contributed by atoms with Crippen molar-refractivity contribution >= 4 is 0 Å². The minimum absolute atomic E-state index is 0.329. The third kappa shape index (κ3) is 2.88. The second-order valence-electron chi connectivity index (χ2n) is 4.01. The molecule has 1 aliphatic rings. The highest BCUT2D eigenvalue weighted by molar-refractivity contribution is 5.11. The Morgan fingerprint density at radius 2 is 2.21 bits per heavy atom. The quantitative estimate of drug-likeness (QED) is 0.752. The zero-order valence-electron chi connectivity index (χ0n) is 7.99. The predicted octanol–water partition coefficient (Wildman–Crippen LogP) is 2.22. The van der Waals surface area contributed by atoms with Crippen LogP contribution in [0.1, 0.15) is 26.2 Å². The maximum Gasteiger partial charge on any atom is 0.401 e. The first-order valence-corrected chi connectivity index (χ1v) is 4.60. The molecule has 1 fully saturated rings. The highest BCUT2D eigenvalue weighted by atomic mass is 19.4. The Kier molecular flexibility index (Phi) is 3.05. The molecule has 2 atom stereocenters. The van der Waals surface area contributed by atoms with Gasteiger partial charge in [0.25, 0.3) is 0 Å². The van der Waals surface area contributed by atoms with Gasteiger partial charge in [-0.1, -0.05) is 6.92 Å². The van der Waals surface area contributed by atoms with Crippen LogP contribution in [0.3, 0.4) is 0 Å². The Balaban J connectivity index is 2.52. The van der Waals surface area contributed by atoms with Gasteiger partial charge in [-0.2, -0.15) is 18.4 Å². The molecule has 0 aromatic heterocycles. The molecule has 0 aliphatic heterocycles. The molecule has 2 unspecified atom stereocenters. The zero-order valence-corrected chi connectivity index (χ0v) is 7.99. The molecule has 0 spiro atoms. The molecule has 0 amide bonds. The topological polar surface area (TPSA) is 35.8 Å². The average Bonchev–Trinajstić information content (AvgIpc) is 2.44. The minimum Gasteiger partial charge on any atom is -0.291 e. The van der Waals surface area contributed by atoms with Crippen molar-refractivity contribution < 1.29 is 13.2 Å². The van der Waals surface area contributed by atoms with E-state index in [1.54, 1.807) is 0 Å². The Bertz CT molecular complexity index is 243. The van der Waals surface area contributed by atoms with Crippen LogP contribution in [0, 0.1) is 17.2 Å². The second-order valence-corrected chi connectivity index (χ2v) is 4.01. The van der Waals surface area contributed by atoms with Crippen LogP contribution in [-0.2, 0) is 0 Å². The average molecular weight is 206 g/mol. The number of hydrogen-bond donors (Lipinski definition) is 1. The lowest BCUT2D eigenvalue weighted by atomic mass is 9.98. The summed E-state index contributed by atoms with van der Waals surface area (Å²) >= 11 is 0. The van der Waals surface area contributed by atoms with Gasteiger partial charge in [-0.25, -0.2) is 0 Å². The first-order chi connectivity index (χ1) is 6.37. The number of alkyl halides is 3. The van der Waals surface area contributed by atoms with E-state index in [9.17, 15) is 13.2 Å². The normalized spacial score (nSPS) is 32.9. The number of hydrogen-bond acceptors (Lipinski definition) is 2. The Labute approximate surface area is 81.1 Å². The standard InChI is InChI=1S/C9H13F3N2/c1-7-2-3-8(4-7,5-13)14-6-9(10,11)12/h7,14H,2-4,6H2,1H3. The smallest absolute Gasteiger partial charge is 0.291 e. The van der Waals surface area contributed by atoms with Crippen molar-refractivity contribution in [3.8, 4) is 6.07 Å². The van der Waals surface area contributed by atoms with E-state index < -0.39 is 18.3 Å². The molecule has 5 heteroatoms. The van der Waals surface area contributed by atoms with Crippen molar-refractivity contribution in [1.82, 2.24) is 5.32 Å². The summed E-state index contributed by atoms with van der Waals surface area (Å²) < 4.78 is 35.8. The van der Waals surface area contributed by atoms with Crippen molar-refractivity contribution in [3.63, 3.8) is 0 Å². The summed E-state index contributed by atoms with van der Waals surface area (Å²) in [6.07, 6.45) is -2.39. The Morgan fingerprint density at radius 3 is 2.57 bits per heavy atom. The molecule has 0 aromatic rings. The summed E-state index contributed by atoms with van der Waals surface area (Å²) in [7, 11) is 0. The van der Waals surface area contributed by atoms with E-state index in [0.717, 1.165) is 6.42 Å². The summed E-state index contributed by atoms with van der Waals surface area (Å²) in [5.74, 6) is 0.329. The van der Waals surface area contributed by atoms with Crippen molar-refractivity contribution in [2.24, 2.45) is 5.92 Å². The number of nitrogens with one attached hydrogen (secondary N) is 1. The van der Waals surface area contributed by atoms with Crippen LogP contribution in [0.2, 0.25) is 0 Å². The van der Waals surface area contributed by atoms with Gasteiger partial charge in [0, 0.05) is 0 Å². The third-order valence-electron chi connectivity index (χ3n) is 2.60. The zero-order chi connectivity index (χ0) is 10.8. The van der Waals surface area contributed by atoms with Gasteiger partial charge >= 0.3 is 6.18 Å². The van der Waals surface area contributed by atoms with Crippen LogP contribution in [0.4, 0.5) is 13.2 Å². The maximum absolute atomic E-state index is 11.9.